The van der Waals surface area contributed by atoms with Crippen molar-refractivity contribution in [2.45, 2.75) is 19.4 Å². The van der Waals surface area contributed by atoms with Crippen LogP contribution in [0, 0.1) is 11.3 Å². The lowest BCUT2D eigenvalue weighted by atomic mass is 9.97. The van der Waals surface area contributed by atoms with Gasteiger partial charge >= 0.3 is 0 Å². The molecule has 1 fully saturated rings. The summed E-state index contributed by atoms with van der Waals surface area (Å²) in [6, 6.07) is 15.9. The molecule has 0 saturated carbocycles. The molecule has 0 spiro atoms. The predicted molar refractivity (Wildman–Crippen MR) is 123 cm³/mol. The number of hydrogen-bond acceptors (Lipinski definition) is 5. The third-order valence-electron chi connectivity index (χ3n) is 5.86. The van der Waals surface area contributed by atoms with Crippen LogP contribution in [-0.2, 0) is 6.54 Å². The predicted octanol–water partition coefficient (Wildman–Crippen LogP) is 2.82. The van der Waals surface area contributed by atoms with Gasteiger partial charge in [0.1, 0.15) is 0 Å². The highest BCUT2D eigenvalue weighted by molar-refractivity contribution is 5.94. The number of carbonyl (C=O) groups excluding carboxylic acids is 1. The molecule has 0 aliphatic carbocycles. The molecule has 0 aromatic heterocycles. The first-order chi connectivity index (χ1) is 15.0. The molecule has 0 atom stereocenters. The standard InChI is InChI=1S/C25H32N4O2/c1-27-11-3-13-29(15-14-27)19-20-5-10-24(23(17-20)18-26)21-6-8-22(9-7-21)25(31)28(2)12-4-16-30/h5-10,17,30H,3-4,11-16,19H2,1-2H3. The SMILES string of the molecule is CN1CCCN(Cc2ccc(-c3ccc(C(=O)N(C)CCCO)cc3)c(C#N)c2)CC1. The third-order valence-corrected chi connectivity index (χ3v) is 5.86. The third kappa shape index (κ3) is 6.14. The van der Waals surface area contributed by atoms with Gasteiger partial charge in [-0.25, -0.2) is 0 Å². The molecule has 2 aromatic rings. The highest BCUT2D eigenvalue weighted by Gasteiger charge is 2.15. The molecule has 1 saturated heterocycles. The summed E-state index contributed by atoms with van der Waals surface area (Å²) in [6.07, 6.45) is 1.73. The zero-order valence-electron chi connectivity index (χ0n) is 18.5. The second kappa shape index (κ2) is 11.1. The molecule has 1 aliphatic rings. The van der Waals surface area contributed by atoms with E-state index >= 15 is 0 Å². The lowest BCUT2D eigenvalue weighted by Crippen LogP contribution is -2.28. The van der Waals surface area contributed by atoms with Crippen molar-refractivity contribution in [1.29, 1.82) is 5.26 Å². The molecular weight excluding hydrogens is 388 g/mol. The molecule has 164 valence electrons. The fraction of sp³-hybridized carbons (Fsp3) is 0.440. The van der Waals surface area contributed by atoms with Crippen LogP contribution in [0.2, 0.25) is 0 Å². The van der Waals surface area contributed by atoms with Crippen LogP contribution in [0.15, 0.2) is 42.5 Å². The number of hydrogen-bond donors (Lipinski definition) is 1. The molecule has 6 nitrogen and oxygen atoms in total. The number of benzene rings is 2. The number of nitriles is 1. The van der Waals surface area contributed by atoms with E-state index in [1.165, 1.54) is 6.42 Å². The molecule has 1 heterocycles. The minimum atomic E-state index is -0.0704. The van der Waals surface area contributed by atoms with Gasteiger partial charge in [-0.2, -0.15) is 5.26 Å². The average molecular weight is 421 g/mol. The summed E-state index contributed by atoms with van der Waals surface area (Å²) >= 11 is 0. The van der Waals surface area contributed by atoms with Gasteiger partial charge in [0.2, 0.25) is 0 Å². The Labute approximate surface area is 185 Å². The molecule has 1 amide bonds. The van der Waals surface area contributed by atoms with Crippen LogP contribution in [0.25, 0.3) is 11.1 Å². The number of carbonyl (C=O) groups is 1. The van der Waals surface area contributed by atoms with Crippen molar-refractivity contribution in [1.82, 2.24) is 14.7 Å². The molecule has 0 bridgehead atoms. The van der Waals surface area contributed by atoms with Crippen LogP contribution in [0.1, 0.15) is 34.3 Å². The quantitative estimate of drug-likeness (QED) is 0.746. The van der Waals surface area contributed by atoms with Crippen molar-refractivity contribution in [3.05, 3.63) is 59.2 Å². The van der Waals surface area contributed by atoms with Gasteiger partial charge in [0.15, 0.2) is 0 Å². The van der Waals surface area contributed by atoms with Crippen molar-refractivity contribution in [2.24, 2.45) is 0 Å². The largest absolute Gasteiger partial charge is 0.396 e. The van der Waals surface area contributed by atoms with Crippen LogP contribution in [0.5, 0.6) is 0 Å². The Kier molecular flexibility index (Phi) is 8.19. The maximum Gasteiger partial charge on any atom is 0.253 e. The van der Waals surface area contributed by atoms with Gasteiger partial charge in [-0.3, -0.25) is 9.69 Å². The zero-order chi connectivity index (χ0) is 22.2. The van der Waals surface area contributed by atoms with Crippen molar-refractivity contribution < 1.29 is 9.90 Å². The molecule has 1 N–H and O–H groups in total. The number of likely N-dealkylation sites (N-methyl/N-ethyl adjacent to an activating group) is 1. The van der Waals surface area contributed by atoms with E-state index in [0.717, 1.165) is 49.4 Å². The van der Waals surface area contributed by atoms with Crippen LogP contribution in [-0.4, -0.2) is 79.1 Å². The monoisotopic (exact) mass is 420 g/mol. The summed E-state index contributed by atoms with van der Waals surface area (Å²) in [4.78, 5) is 18.9. The first-order valence-electron chi connectivity index (χ1n) is 10.9. The lowest BCUT2D eigenvalue weighted by Gasteiger charge is -2.20. The van der Waals surface area contributed by atoms with E-state index in [0.29, 0.717) is 24.1 Å². The summed E-state index contributed by atoms with van der Waals surface area (Å²) in [5.41, 5.74) is 4.22. The Morgan fingerprint density at radius 3 is 2.61 bits per heavy atom. The Morgan fingerprint density at radius 2 is 1.90 bits per heavy atom. The van der Waals surface area contributed by atoms with E-state index in [9.17, 15) is 10.1 Å². The highest BCUT2D eigenvalue weighted by atomic mass is 16.3. The van der Waals surface area contributed by atoms with E-state index in [4.69, 9.17) is 5.11 Å². The summed E-state index contributed by atoms with van der Waals surface area (Å²) in [6.45, 7) is 5.77. The fourth-order valence-corrected chi connectivity index (χ4v) is 3.97. The van der Waals surface area contributed by atoms with E-state index in [1.54, 1.807) is 24.1 Å². The van der Waals surface area contributed by atoms with Crippen molar-refractivity contribution >= 4 is 5.91 Å². The lowest BCUT2D eigenvalue weighted by molar-refractivity contribution is 0.0786. The maximum atomic E-state index is 12.5. The second-order valence-corrected chi connectivity index (χ2v) is 8.31. The van der Waals surface area contributed by atoms with Crippen LogP contribution in [0.4, 0.5) is 0 Å². The van der Waals surface area contributed by atoms with Gasteiger partial charge in [0.25, 0.3) is 5.91 Å². The molecule has 0 unspecified atom stereocenters. The fourth-order valence-electron chi connectivity index (χ4n) is 3.97. The first kappa shape index (κ1) is 23.0. The minimum absolute atomic E-state index is 0.0678. The van der Waals surface area contributed by atoms with Crippen LogP contribution in [0.3, 0.4) is 0 Å². The van der Waals surface area contributed by atoms with Gasteiger partial charge in [0, 0.05) is 45.4 Å². The van der Waals surface area contributed by atoms with Crippen molar-refractivity contribution in [3.63, 3.8) is 0 Å². The molecule has 6 heteroatoms. The second-order valence-electron chi connectivity index (χ2n) is 8.31. The number of aliphatic hydroxyl groups is 1. The Bertz CT molecular complexity index is 920. The van der Waals surface area contributed by atoms with Gasteiger partial charge in [-0.1, -0.05) is 24.3 Å². The Hall–Kier alpha value is -2.72. The zero-order valence-corrected chi connectivity index (χ0v) is 18.5. The van der Waals surface area contributed by atoms with E-state index in [1.807, 2.05) is 24.3 Å². The Morgan fingerprint density at radius 1 is 1.13 bits per heavy atom. The van der Waals surface area contributed by atoms with Gasteiger partial charge in [-0.15, -0.1) is 0 Å². The molecule has 2 aromatic carbocycles. The normalized spacial score (nSPS) is 15.3. The molecule has 31 heavy (non-hydrogen) atoms. The number of amides is 1. The van der Waals surface area contributed by atoms with Gasteiger partial charge in [-0.05, 0) is 67.9 Å². The van der Waals surface area contributed by atoms with Gasteiger partial charge < -0.3 is 14.9 Å². The number of rotatable bonds is 7. The van der Waals surface area contributed by atoms with Crippen molar-refractivity contribution in [3.8, 4) is 17.2 Å². The first-order valence-corrected chi connectivity index (χ1v) is 10.9. The summed E-state index contributed by atoms with van der Waals surface area (Å²) in [5.74, 6) is -0.0704. The van der Waals surface area contributed by atoms with E-state index in [2.05, 4.69) is 29.0 Å². The van der Waals surface area contributed by atoms with E-state index < -0.39 is 0 Å². The topological polar surface area (TPSA) is 70.8 Å². The van der Waals surface area contributed by atoms with Crippen LogP contribution >= 0.6 is 0 Å². The smallest absolute Gasteiger partial charge is 0.253 e. The molecule has 0 radical (unpaired) electrons. The number of nitrogens with zero attached hydrogens (tertiary/aromatic N) is 4. The maximum absolute atomic E-state index is 12.5. The van der Waals surface area contributed by atoms with Crippen molar-refractivity contribution in [2.75, 3.05) is 53.4 Å². The molecule has 1 aliphatic heterocycles. The summed E-state index contributed by atoms with van der Waals surface area (Å²) < 4.78 is 0. The van der Waals surface area contributed by atoms with Gasteiger partial charge in [0.05, 0.1) is 11.6 Å². The molecule has 3 rings (SSSR count). The minimum Gasteiger partial charge on any atom is -0.396 e. The van der Waals surface area contributed by atoms with E-state index in [-0.39, 0.29) is 12.5 Å². The Balaban J connectivity index is 1.72. The average Bonchev–Trinajstić information content (AvgIpc) is 3.00. The summed E-state index contributed by atoms with van der Waals surface area (Å²) in [5, 5.41) is 18.7. The van der Waals surface area contributed by atoms with Crippen LogP contribution < -0.4 is 0 Å². The molecular formula is C25H32N4O2. The highest BCUT2D eigenvalue weighted by Crippen LogP contribution is 2.26. The summed E-state index contributed by atoms with van der Waals surface area (Å²) in [7, 11) is 3.90. The number of aliphatic hydroxyl groups excluding tert-OH is 1.